The Kier molecular flexibility index (Phi) is 5.84. The number of halogens is 3. The minimum Gasteiger partial charge on any atom is -0.341 e. The monoisotopic (exact) mass is 367 g/mol. The number of aromatic nitrogens is 2. The minimum absolute atomic E-state index is 0.0879. The molecule has 1 N–H and O–H groups in total. The van der Waals surface area contributed by atoms with Crippen LogP contribution in [-0.2, 0) is 23.9 Å². The molecule has 0 aliphatic rings. The van der Waals surface area contributed by atoms with E-state index >= 15 is 0 Å². The molecule has 1 heterocycles. The summed E-state index contributed by atoms with van der Waals surface area (Å²) in [5, 5.41) is 0. The van der Waals surface area contributed by atoms with Crippen molar-refractivity contribution in [3.8, 4) is 0 Å². The number of carbonyl (C=O) groups excluding carboxylic acids is 1. The Labute approximate surface area is 148 Å². The van der Waals surface area contributed by atoms with E-state index in [1.807, 2.05) is 0 Å². The highest BCUT2D eigenvalue weighted by atomic mass is 19.4. The molecule has 1 amide bonds. The highest BCUT2D eigenvalue weighted by Crippen LogP contribution is 2.29. The molecule has 26 heavy (non-hydrogen) atoms. The molecule has 8 heteroatoms. The molecule has 0 spiro atoms. The maximum absolute atomic E-state index is 12.8. The fourth-order valence-electron chi connectivity index (χ4n) is 2.75. The van der Waals surface area contributed by atoms with Crippen LogP contribution in [0.3, 0.4) is 0 Å². The third-order valence-electron chi connectivity index (χ3n) is 4.14. The van der Waals surface area contributed by atoms with Gasteiger partial charge in [-0.3, -0.25) is 4.79 Å². The lowest BCUT2D eigenvalue weighted by Gasteiger charge is -2.18. The number of hydrogen-bond donors (Lipinski definition) is 1. The summed E-state index contributed by atoms with van der Waals surface area (Å²) >= 11 is 0. The van der Waals surface area contributed by atoms with Crippen LogP contribution in [0.25, 0.3) is 0 Å². The first-order chi connectivity index (χ1) is 12.1. The van der Waals surface area contributed by atoms with Crippen LogP contribution in [0.15, 0.2) is 29.1 Å². The van der Waals surface area contributed by atoms with Gasteiger partial charge in [0, 0.05) is 31.4 Å². The van der Waals surface area contributed by atoms with E-state index in [1.54, 1.807) is 27.0 Å². The first kappa shape index (κ1) is 19.7. The predicted molar refractivity (Wildman–Crippen MR) is 90.6 cm³/mol. The number of aryl methyl sites for hydroxylation is 2. The Morgan fingerprint density at radius 2 is 1.96 bits per heavy atom. The molecule has 140 valence electrons. The molecule has 0 fully saturated rings. The van der Waals surface area contributed by atoms with Gasteiger partial charge in [-0.25, -0.2) is 4.79 Å². The maximum atomic E-state index is 12.8. The lowest BCUT2D eigenvalue weighted by molar-refractivity contribution is -0.137. The van der Waals surface area contributed by atoms with Crippen molar-refractivity contribution in [2.45, 2.75) is 39.4 Å². The summed E-state index contributed by atoms with van der Waals surface area (Å²) in [4.78, 5) is 31.4. The molecule has 2 rings (SSSR count). The van der Waals surface area contributed by atoms with Gasteiger partial charge in [0.1, 0.15) is 0 Å². The van der Waals surface area contributed by atoms with E-state index in [0.717, 1.165) is 17.7 Å². The molecule has 0 saturated heterocycles. The fraction of sp³-hybridized carbons (Fsp3) is 0.389. The molecule has 1 aromatic heterocycles. The maximum Gasteiger partial charge on any atom is 0.416 e. The van der Waals surface area contributed by atoms with E-state index in [0.29, 0.717) is 23.4 Å². The Morgan fingerprint density at radius 3 is 2.58 bits per heavy atom. The molecule has 0 saturated carbocycles. The highest BCUT2D eigenvalue weighted by Gasteiger charge is 2.30. The molecule has 0 aliphatic carbocycles. The van der Waals surface area contributed by atoms with Gasteiger partial charge in [-0.15, -0.1) is 0 Å². The summed E-state index contributed by atoms with van der Waals surface area (Å²) in [7, 11) is 1.55. The molecule has 0 radical (unpaired) electrons. The number of aromatic amines is 1. The Morgan fingerprint density at radius 1 is 1.27 bits per heavy atom. The number of benzene rings is 1. The lowest BCUT2D eigenvalue weighted by atomic mass is 10.1. The van der Waals surface area contributed by atoms with Gasteiger partial charge in [0.15, 0.2) is 0 Å². The van der Waals surface area contributed by atoms with Gasteiger partial charge in [0.05, 0.1) is 5.56 Å². The molecule has 2 aromatic rings. The Balaban J connectivity index is 2.02. The second kappa shape index (κ2) is 7.72. The van der Waals surface area contributed by atoms with Gasteiger partial charge in [-0.05, 0) is 43.5 Å². The number of amides is 1. The van der Waals surface area contributed by atoms with Crippen LogP contribution in [-0.4, -0.2) is 27.8 Å². The molecule has 0 unspecified atom stereocenters. The number of nitrogens with zero attached hydrogens (tertiary/aromatic N) is 2. The zero-order valence-corrected chi connectivity index (χ0v) is 14.8. The topological polar surface area (TPSA) is 66.1 Å². The summed E-state index contributed by atoms with van der Waals surface area (Å²) in [6.07, 6.45) is -3.84. The number of alkyl halides is 3. The zero-order chi connectivity index (χ0) is 19.5. The van der Waals surface area contributed by atoms with Gasteiger partial charge in [-0.2, -0.15) is 18.2 Å². The predicted octanol–water partition coefficient (Wildman–Crippen LogP) is 3.00. The molecule has 0 atom stereocenters. The number of nitrogens with one attached hydrogen (secondary N) is 1. The largest absolute Gasteiger partial charge is 0.416 e. The Hall–Kier alpha value is -2.64. The summed E-state index contributed by atoms with van der Waals surface area (Å²) < 4.78 is 38.3. The van der Waals surface area contributed by atoms with E-state index in [9.17, 15) is 22.8 Å². The molecular formula is C18H20F3N3O2. The number of rotatable bonds is 5. The zero-order valence-electron chi connectivity index (χ0n) is 14.8. The number of carbonyl (C=O) groups is 1. The van der Waals surface area contributed by atoms with Crippen molar-refractivity contribution in [3.63, 3.8) is 0 Å². The van der Waals surface area contributed by atoms with Crippen molar-refractivity contribution in [3.05, 3.63) is 62.8 Å². The van der Waals surface area contributed by atoms with Crippen LogP contribution in [0.2, 0.25) is 0 Å². The van der Waals surface area contributed by atoms with Crippen LogP contribution in [0.1, 0.15) is 34.5 Å². The van der Waals surface area contributed by atoms with Crippen molar-refractivity contribution < 1.29 is 18.0 Å². The van der Waals surface area contributed by atoms with Crippen LogP contribution < -0.4 is 5.69 Å². The summed E-state index contributed by atoms with van der Waals surface area (Å²) in [6.45, 7) is 3.53. The third-order valence-corrected chi connectivity index (χ3v) is 4.14. The van der Waals surface area contributed by atoms with E-state index in [1.165, 1.54) is 11.0 Å². The smallest absolute Gasteiger partial charge is 0.341 e. The van der Waals surface area contributed by atoms with Crippen molar-refractivity contribution in [1.29, 1.82) is 0 Å². The first-order valence-electron chi connectivity index (χ1n) is 8.04. The fourth-order valence-corrected chi connectivity index (χ4v) is 2.75. The van der Waals surface area contributed by atoms with Crippen LogP contribution in [0, 0.1) is 13.8 Å². The van der Waals surface area contributed by atoms with Crippen LogP contribution >= 0.6 is 0 Å². The second-order valence-electron chi connectivity index (χ2n) is 6.18. The van der Waals surface area contributed by atoms with Gasteiger partial charge >= 0.3 is 11.9 Å². The molecular weight excluding hydrogens is 347 g/mol. The van der Waals surface area contributed by atoms with Crippen molar-refractivity contribution >= 4 is 5.91 Å². The van der Waals surface area contributed by atoms with E-state index in [4.69, 9.17) is 0 Å². The summed E-state index contributed by atoms with van der Waals surface area (Å²) in [5.74, 6) is -0.201. The van der Waals surface area contributed by atoms with Crippen molar-refractivity contribution in [1.82, 2.24) is 14.9 Å². The standard InChI is InChI=1S/C18H20F3N3O2/c1-11-15(12(2)23-17(26)22-11)7-8-16(25)24(3)10-13-5-4-6-14(9-13)18(19,20)21/h4-6,9H,7-8,10H2,1-3H3,(H,22,23,26). The average Bonchev–Trinajstić information content (AvgIpc) is 2.53. The average molecular weight is 367 g/mol. The third kappa shape index (κ3) is 4.93. The quantitative estimate of drug-likeness (QED) is 0.884. The molecule has 0 bridgehead atoms. The van der Waals surface area contributed by atoms with E-state index in [-0.39, 0.29) is 18.9 Å². The Bertz CT molecular complexity index is 833. The van der Waals surface area contributed by atoms with Gasteiger partial charge in [0.2, 0.25) is 5.91 Å². The SMILES string of the molecule is Cc1nc(=O)[nH]c(C)c1CCC(=O)N(C)Cc1cccc(C(F)(F)F)c1. The summed E-state index contributed by atoms with van der Waals surface area (Å²) in [6, 6.07) is 4.93. The van der Waals surface area contributed by atoms with Gasteiger partial charge in [0.25, 0.3) is 0 Å². The summed E-state index contributed by atoms with van der Waals surface area (Å²) in [5.41, 5.74) is 1.27. The van der Waals surface area contributed by atoms with Gasteiger partial charge in [-0.1, -0.05) is 12.1 Å². The highest BCUT2D eigenvalue weighted by molar-refractivity contribution is 5.76. The molecule has 5 nitrogen and oxygen atoms in total. The second-order valence-corrected chi connectivity index (χ2v) is 6.18. The minimum atomic E-state index is -4.41. The van der Waals surface area contributed by atoms with E-state index < -0.39 is 17.4 Å². The van der Waals surface area contributed by atoms with Crippen molar-refractivity contribution in [2.24, 2.45) is 0 Å². The number of hydrogen-bond acceptors (Lipinski definition) is 3. The number of H-pyrrole nitrogens is 1. The van der Waals surface area contributed by atoms with E-state index in [2.05, 4.69) is 9.97 Å². The molecule has 1 aromatic carbocycles. The normalized spacial score (nSPS) is 11.5. The van der Waals surface area contributed by atoms with Crippen LogP contribution in [0.4, 0.5) is 13.2 Å². The lowest BCUT2D eigenvalue weighted by Crippen LogP contribution is -2.27. The molecule has 0 aliphatic heterocycles. The van der Waals surface area contributed by atoms with Crippen LogP contribution in [0.5, 0.6) is 0 Å². The van der Waals surface area contributed by atoms with Crippen molar-refractivity contribution in [2.75, 3.05) is 7.05 Å². The van der Waals surface area contributed by atoms with Gasteiger partial charge < -0.3 is 9.88 Å². The first-order valence-corrected chi connectivity index (χ1v) is 8.04.